The fraction of sp³-hybridized carbons (Fsp3) is 0.968. The fourth-order valence-electron chi connectivity index (χ4n) is 10.4. The Morgan fingerprint density at radius 1 is 1.03 bits per heavy atom. The van der Waals surface area contributed by atoms with E-state index in [2.05, 4.69) is 31.4 Å². The van der Waals surface area contributed by atoms with Crippen molar-refractivity contribution in [2.75, 3.05) is 13.1 Å². The Hall–Kier alpha value is -0.650. The summed E-state index contributed by atoms with van der Waals surface area (Å²) in [7, 11) is 0. The maximum atomic E-state index is 12.6. The maximum absolute atomic E-state index is 12.6. The number of aliphatic hydroxyl groups is 2. The first-order valence-corrected chi connectivity index (χ1v) is 15.6. The number of hydrogen-bond donors (Lipinski definition) is 4. The van der Waals surface area contributed by atoms with Crippen LogP contribution in [-0.2, 0) is 4.79 Å². The average Bonchev–Trinajstić information content (AvgIpc) is 3.49. The van der Waals surface area contributed by atoms with E-state index in [1.807, 2.05) is 0 Å². The number of fused-ring (bicyclic) bond motifs is 5. The molecule has 4 saturated carbocycles. The van der Waals surface area contributed by atoms with Crippen molar-refractivity contribution in [1.82, 2.24) is 10.6 Å². The molecule has 5 nitrogen and oxygen atoms in total. The Morgan fingerprint density at radius 2 is 1.81 bits per heavy atom. The Kier molecular flexibility index (Phi) is 8.12. The lowest BCUT2D eigenvalue weighted by molar-refractivity contribution is -0.174. The van der Waals surface area contributed by atoms with Crippen LogP contribution in [0.15, 0.2) is 0 Å². The second-order valence-corrected chi connectivity index (χ2v) is 14.3. The minimum absolute atomic E-state index is 0.168. The third-order valence-corrected chi connectivity index (χ3v) is 12.5. The minimum Gasteiger partial charge on any atom is -0.393 e. The van der Waals surface area contributed by atoms with E-state index in [4.69, 9.17) is 0 Å². The van der Waals surface area contributed by atoms with E-state index in [1.165, 1.54) is 44.9 Å². The Balaban J connectivity index is 1.14. The summed E-state index contributed by atoms with van der Waals surface area (Å²) in [5.41, 5.74) is 0.587. The van der Waals surface area contributed by atoms with Gasteiger partial charge in [-0.2, -0.15) is 0 Å². The van der Waals surface area contributed by atoms with E-state index in [9.17, 15) is 15.0 Å². The number of hydrogen-bond acceptors (Lipinski definition) is 4. The van der Waals surface area contributed by atoms with E-state index in [0.717, 1.165) is 51.6 Å². The highest BCUT2D eigenvalue weighted by atomic mass is 16.3. The number of aliphatic hydroxyl groups excluding tert-OH is 2. The van der Waals surface area contributed by atoms with Crippen LogP contribution < -0.4 is 10.6 Å². The topological polar surface area (TPSA) is 81.6 Å². The predicted molar refractivity (Wildman–Crippen MR) is 144 cm³/mol. The molecule has 0 aromatic heterocycles. The zero-order valence-electron chi connectivity index (χ0n) is 23.3. The number of nitrogens with one attached hydrogen (secondary N) is 2. The zero-order valence-corrected chi connectivity index (χ0v) is 23.3. The van der Waals surface area contributed by atoms with E-state index < -0.39 is 0 Å². The van der Waals surface area contributed by atoms with E-state index >= 15 is 0 Å². The molecule has 1 amide bonds. The van der Waals surface area contributed by atoms with Crippen LogP contribution in [0.2, 0.25) is 0 Å². The van der Waals surface area contributed by atoms with Gasteiger partial charge in [0.15, 0.2) is 0 Å². The molecule has 1 unspecified atom stereocenters. The first-order chi connectivity index (χ1) is 17.2. The molecule has 0 aromatic rings. The van der Waals surface area contributed by atoms with Crippen molar-refractivity contribution >= 4 is 5.91 Å². The van der Waals surface area contributed by atoms with E-state index in [-0.39, 0.29) is 18.1 Å². The van der Waals surface area contributed by atoms with Crippen molar-refractivity contribution < 1.29 is 15.0 Å². The van der Waals surface area contributed by atoms with Crippen LogP contribution in [-0.4, -0.2) is 47.5 Å². The highest BCUT2D eigenvalue weighted by Crippen LogP contribution is 2.68. The predicted octanol–water partition coefficient (Wildman–Crippen LogP) is 5.04. The molecule has 4 aliphatic carbocycles. The molecule has 1 aliphatic heterocycles. The minimum atomic E-state index is -0.206. The molecule has 0 bridgehead atoms. The summed E-state index contributed by atoms with van der Waals surface area (Å²) in [4.78, 5) is 12.6. The van der Waals surface area contributed by atoms with Crippen molar-refractivity contribution in [2.24, 2.45) is 46.3 Å². The molecule has 0 radical (unpaired) electrons. The van der Waals surface area contributed by atoms with Gasteiger partial charge in [-0.25, -0.2) is 0 Å². The van der Waals surface area contributed by atoms with Crippen molar-refractivity contribution in [3.63, 3.8) is 0 Å². The van der Waals surface area contributed by atoms with Gasteiger partial charge < -0.3 is 20.8 Å². The van der Waals surface area contributed by atoms with Gasteiger partial charge in [0.2, 0.25) is 5.91 Å². The lowest BCUT2D eigenvalue weighted by Gasteiger charge is -2.62. The molecule has 1 saturated heterocycles. The number of amides is 1. The van der Waals surface area contributed by atoms with Crippen LogP contribution in [0.4, 0.5) is 0 Å². The highest BCUT2D eigenvalue weighted by molar-refractivity contribution is 5.75. The quantitative estimate of drug-likeness (QED) is 0.351. The van der Waals surface area contributed by atoms with Gasteiger partial charge in [0, 0.05) is 19.0 Å². The van der Waals surface area contributed by atoms with Crippen molar-refractivity contribution in [1.29, 1.82) is 0 Å². The fourth-order valence-corrected chi connectivity index (χ4v) is 10.4. The lowest BCUT2D eigenvalue weighted by Crippen LogP contribution is -2.58. The van der Waals surface area contributed by atoms with Crippen LogP contribution >= 0.6 is 0 Å². The monoisotopic (exact) mass is 502 g/mol. The zero-order chi connectivity index (χ0) is 25.5. The summed E-state index contributed by atoms with van der Waals surface area (Å²) >= 11 is 0. The second kappa shape index (κ2) is 10.8. The molecule has 0 spiro atoms. The first-order valence-electron chi connectivity index (χ1n) is 15.6. The normalized spacial score (nSPS) is 47.0. The molecule has 5 fully saturated rings. The van der Waals surface area contributed by atoms with E-state index in [1.54, 1.807) is 0 Å². The van der Waals surface area contributed by atoms with Crippen molar-refractivity contribution in [3.8, 4) is 0 Å². The van der Waals surface area contributed by atoms with Crippen molar-refractivity contribution in [2.45, 2.75) is 129 Å². The summed E-state index contributed by atoms with van der Waals surface area (Å²) in [5, 5.41) is 28.5. The smallest absolute Gasteiger partial charge is 0.220 e. The number of carbonyl (C=O) groups excluding carboxylic acids is 1. The first kappa shape index (κ1) is 26.9. The van der Waals surface area contributed by atoms with Gasteiger partial charge in [0.25, 0.3) is 0 Å². The molecule has 0 aromatic carbocycles. The maximum Gasteiger partial charge on any atom is 0.220 e. The van der Waals surface area contributed by atoms with Crippen LogP contribution in [0.3, 0.4) is 0 Å². The second-order valence-electron chi connectivity index (χ2n) is 14.3. The third-order valence-electron chi connectivity index (χ3n) is 12.5. The molecular weight excluding hydrogens is 448 g/mol. The van der Waals surface area contributed by atoms with E-state index in [0.29, 0.717) is 58.8 Å². The lowest BCUT2D eigenvalue weighted by atomic mass is 9.43. The summed E-state index contributed by atoms with van der Waals surface area (Å²) in [6, 6.07) is 0.661. The van der Waals surface area contributed by atoms with Gasteiger partial charge in [-0.05, 0) is 136 Å². The highest BCUT2D eigenvalue weighted by Gasteiger charge is 2.62. The standard InChI is InChI=1S/C31H54N2O3/c1-20(8-11-28(36)33-17-5-7-22-6-4-16-32-22)24-9-10-25-29-26(13-15-31(24,25)3)30(2)14-12-23(34)18-21(30)19-27(29)35/h20-27,29,32,34-35H,4-19H2,1-3H3,(H,33,36)/t20-,21+,22?,23-,24-,25+,26+,27+,29+,30+,31-/m1/s1. The third kappa shape index (κ3) is 5.02. The van der Waals surface area contributed by atoms with Gasteiger partial charge in [0.1, 0.15) is 0 Å². The molecule has 36 heavy (non-hydrogen) atoms. The van der Waals surface area contributed by atoms with Crippen LogP contribution in [0, 0.1) is 46.3 Å². The molecule has 5 heteroatoms. The molecular formula is C31H54N2O3. The summed E-state index contributed by atoms with van der Waals surface area (Å²) in [5.74, 6) is 3.57. The van der Waals surface area contributed by atoms with Gasteiger partial charge in [-0.3, -0.25) is 4.79 Å². The SMILES string of the molecule is C[C@H](CCC(=O)NCCCC1CCCN1)[C@H]1CC[C@H]2[C@@H]3[C@@H](O)C[C@@H]4C[C@H](O)CC[C@]4(C)[C@H]3CC[C@]12C. The molecule has 5 aliphatic rings. The molecule has 5 rings (SSSR count). The number of rotatable bonds is 8. The van der Waals surface area contributed by atoms with Crippen molar-refractivity contribution in [3.05, 3.63) is 0 Å². The molecule has 1 heterocycles. The summed E-state index contributed by atoms with van der Waals surface area (Å²) in [6.45, 7) is 9.38. The molecule has 206 valence electrons. The van der Waals surface area contributed by atoms with Gasteiger partial charge >= 0.3 is 0 Å². The Morgan fingerprint density at radius 3 is 2.58 bits per heavy atom. The van der Waals surface area contributed by atoms with Gasteiger partial charge in [0.05, 0.1) is 12.2 Å². The number of carbonyl (C=O) groups is 1. The van der Waals surface area contributed by atoms with Crippen LogP contribution in [0.5, 0.6) is 0 Å². The van der Waals surface area contributed by atoms with Crippen LogP contribution in [0.1, 0.15) is 111 Å². The Bertz CT molecular complexity index is 769. The Labute approximate surface area is 220 Å². The summed E-state index contributed by atoms with van der Waals surface area (Å²) < 4.78 is 0. The van der Waals surface area contributed by atoms with Gasteiger partial charge in [-0.1, -0.05) is 20.8 Å². The van der Waals surface area contributed by atoms with Crippen LogP contribution in [0.25, 0.3) is 0 Å². The molecule has 11 atom stereocenters. The largest absolute Gasteiger partial charge is 0.393 e. The molecule has 4 N–H and O–H groups in total. The van der Waals surface area contributed by atoms with Gasteiger partial charge in [-0.15, -0.1) is 0 Å². The average molecular weight is 503 g/mol. The summed E-state index contributed by atoms with van der Waals surface area (Å²) in [6.07, 6.45) is 14.9.